The summed E-state index contributed by atoms with van der Waals surface area (Å²) >= 11 is 0. The molecular formula is C20H22F4N2O2S. The van der Waals surface area contributed by atoms with E-state index in [1.807, 2.05) is 6.07 Å². The maximum Gasteiger partial charge on any atom is 0.416 e. The van der Waals surface area contributed by atoms with Crippen molar-refractivity contribution in [2.24, 2.45) is 0 Å². The van der Waals surface area contributed by atoms with Crippen LogP contribution in [-0.2, 0) is 29.0 Å². The number of halogens is 4. The molecule has 4 nitrogen and oxygen atoms in total. The van der Waals surface area contributed by atoms with Crippen molar-refractivity contribution in [3.8, 4) is 0 Å². The monoisotopic (exact) mass is 430 g/mol. The fourth-order valence-electron chi connectivity index (χ4n) is 3.38. The number of nitrogens with zero attached hydrogens (tertiary/aromatic N) is 1. The van der Waals surface area contributed by atoms with Gasteiger partial charge < -0.3 is 4.90 Å². The number of hydrogen-bond donors (Lipinski definition) is 1. The zero-order chi connectivity index (χ0) is 21.1. The number of anilines is 1. The molecule has 2 aromatic carbocycles. The normalized spacial score (nSPS) is 15.6. The van der Waals surface area contributed by atoms with Crippen molar-refractivity contribution >= 4 is 15.7 Å². The predicted octanol–water partition coefficient (Wildman–Crippen LogP) is 4.27. The minimum absolute atomic E-state index is 0.238. The maximum absolute atomic E-state index is 12.7. The summed E-state index contributed by atoms with van der Waals surface area (Å²) in [6.07, 6.45) is -2.51. The average molecular weight is 430 g/mol. The van der Waals surface area contributed by atoms with Crippen LogP contribution in [-0.4, -0.2) is 39.6 Å². The van der Waals surface area contributed by atoms with Gasteiger partial charge in [-0.15, -0.1) is 0 Å². The highest BCUT2D eigenvalue weighted by Gasteiger charge is 2.30. The third-order valence-corrected chi connectivity index (χ3v) is 6.35. The van der Waals surface area contributed by atoms with Crippen molar-refractivity contribution in [1.82, 2.24) is 4.90 Å². The second-order valence-electron chi connectivity index (χ2n) is 7.00. The van der Waals surface area contributed by atoms with Crippen LogP contribution < -0.4 is 4.72 Å². The van der Waals surface area contributed by atoms with Crippen LogP contribution in [0.3, 0.4) is 0 Å². The number of hydrogen-bond acceptors (Lipinski definition) is 3. The van der Waals surface area contributed by atoms with Crippen LogP contribution in [0.1, 0.15) is 23.1 Å². The fraction of sp³-hybridized carbons (Fsp3) is 0.400. The molecule has 0 radical (unpaired) electrons. The van der Waals surface area contributed by atoms with E-state index in [-0.39, 0.29) is 11.6 Å². The number of nitrogens with one attached hydrogen (secondary N) is 1. The van der Waals surface area contributed by atoms with Crippen molar-refractivity contribution in [2.75, 3.05) is 31.0 Å². The van der Waals surface area contributed by atoms with Gasteiger partial charge in [0.25, 0.3) is 10.0 Å². The van der Waals surface area contributed by atoms with E-state index in [0.29, 0.717) is 18.7 Å². The summed E-state index contributed by atoms with van der Waals surface area (Å²) < 4.78 is 77.9. The van der Waals surface area contributed by atoms with Crippen molar-refractivity contribution in [2.45, 2.75) is 30.3 Å². The molecule has 0 aliphatic carbocycles. The van der Waals surface area contributed by atoms with Crippen molar-refractivity contribution < 1.29 is 26.0 Å². The smallest absolute Gasteiger partial charge is 0.303 e. The maximum atomic E-state index is 12.7. The molecule has 0 spiro atoms. The second kappa shape index (κ2) is 8.71. The Morgan fingerprint density at radius 2 is 1.62 bits per heavy atom. The molecule has 1 N–H and O–H groups in total. The summed E-state index contributed by atoms with van der Waals surface area (Å²) in [7, 11) is -4.00. The molecular weight excluding hydrogens is 408 g/mol. The molecule has 1 aliphatic heterocycles. The number of rotatable bonds is 6. The van der Waals surface area contributed by atoms with Crippen molar-refractivity contribution in [1.29, 1.82) is 0 Å². The van der Waals surface area contributed by atoms with Gasteiger partial charge in [-0.25, -0.2) is 8.42 Å². The van der Waals surface area contributed by atoms with E-state index < -0.39 is 21.8 Å². The number of benzene rings is 2. The molecule has 0 amide bonds. The van der Waals surface area contributed by atoms with Gasteiger partial charge in [-0.3, -0.25) is 9.11 Å². The summed E-state index contributed by atoms with van der Waals surface area (Å²) in [5.74, 6) is 0. The Kier molecular flexibility index (Phi) is 6.48. The fourth-order valence-corrected chi connectivity index (χ4v) is 4.43. The molecule has 0 unspecified atom stereocenters. The van der Waals surface area contributed by atoms with Crippen LogP contribution in [0.2, 0.25) is 0 Å². The van der Waals surface area contributed by atoms with E-state index >= 15 is 0 Å². The van der Waals surface area contributed by atoms with Crippen LogP contribution >= 0.6 is 0 Å². The summed E-state index contributed by atoms with van der Waals surface area (Å²) in [5.41, 5.74) is 1.59. The highest BCUT2D eigenvalue weighted by atomic mass is 32.2. The molecule has 1 heterocycles. The van der Waals surface area contributed by atoms with E-state index in [2.05, 4.69) is 9.62 Å². The Hall–Kier alpha value is -2.13. The Morgan fingerprint density at radius 1 is 0.966 bits per heavy atom. The Labute approximate surface area is 167 Å². The molecule has 0 atom stereocenters. The number of alkyl halides is 4. The first-order chi connectivity index (χ1) is 13.7. The lowest BCUT2D eigenvalue weighted by atomic mass is 10.0. The van der Waals surface area contributed by atoms with Gasteiger partial charge in [0.1, 0.15) is 0 Å². The lowest BCUT2D eigenvalue weighted by Gasteiger charge is -2.18. The quantitative estimate of drug-likeness (QED) is 0.697. The summed E-state index contributed by atoms with van der Waals surface area (Å²) in [6.45, 7) is 1.93. The van der Waals surface area contributed by atoms with Crippen LogP contribution in [0.4, 0.5) is 23.2 Å². The van der Waals surface area contributed by atoms with Gasteiger partial charge in [-0.05, 0) is 66.8 Å². The molecule has 1 aliphatic rings. The topological polar surface area (TPSA) is 49.4 Å². The molecule has 29 heavy (non-hydrogen) atoms. The molecule has 158 valence electrons. The average Bonchev–Trinajstić information content (AvgIpc) is 2.87. The van der Waals surface area contributed by atoms with E-state index in [1.54, 1.807) is 12.1 Å². The van der Waals surface area contributed by atoms with E-state index in [4.69, 9.17) is 0 Å². The lowest BCUT2D eigenvalue weighted by molar-refractivity contribution is -0.137. The molecule has 3 rings (SSSR count). The van der Waals surface area contributed by atoms with E-state index in [9.17, 15) is 26.0 Å². The summed E-state index contributed by atoms with van der Waals surface area (Å²) in [5, 5.41) is 0. The van der Waals surface area contributed by atoms with Gasteiger partial charge in [0, 0.05) is 25.3 Å². The van der Waals surface area contributed by atoms with Gasteiger partial charge in [0.15, 0.2) is 0 Å². The Bertz CT molecular complexity index is 944. The van der Waals surface area contributed by atoms with Crippen molar-refractivity contribution in [3.63, 3.8) is 0 Å². The lowest BCUT2D eigenvalue weighted by Crippen LogP contribution is -2.27. The van der Waals surface area contributed by atoms with Gasteiger partial charge >= 0.3 is 6.18 Å². The Morgan fingerprint density at radius 3 is 2.24 bits per heavy atom. The van der Waals surface area contributed by atoms with Crippen molar-refractivity contribution in [3.05, 3.63) is 59.2 Å². The molecule has 0 fully saturated rings. The molecule has 9 heteroatoms. The SMILES string of the molecule is O=S(=O)(Nc1ccc2c(c1)CCN(CCCF)CC2)c1ccc(C(F)(F)F)cc1. The predicted molar refractivity (Wildman–Crippen MR) is 103 cm³/mol. The molecule has 0 bridgehead atoms. The molecule has 0 aromatic heterocycles. The molecule has 0 saturated heterocycles. The first kappa shape index (κ1) is 21.6. The van der Waals surface area contributed by atoms with Gasteiger partial charge in [0.2, 0.25) is 0 Å². The van der Waals surface area contributed by atoms with E-state index in [0.717, 1.165) is 61.3 Å². The van der Waals surface area contributed by atoms with E-state index in [1.165, 1.54) is 0 Å². The third kappa shape index (κ3) is 5.48. The summed E-state index contributed by atoms with van der Waals surface area (Å²) in [4.78, 5) is 1.95. The largest absolute Gasteiger partial charge is 0.416 e. The first-order valence-electron chi connectivity index (χ1n) is 9.29. The van der Waals surface area contributed by atoms with Crippen LogP contribution in [0, 0.1) is 0 Å². The standard InChI is InChI=1S/C20H22F4N2O2S/c21-10-1-11-26-12-8-15-2-5-18(14-16(15)9-13-26)25-29(27,28)19-6-3-17(4-7-19)20(22,23)24/h2-7,14,25H,1,8-13H2. The van der Waals surface area contributed by atoms with Crippen LogP contribution in [0.15, 0.2) is 47.4 Å². The Balaban J connectivity index is 1.73. The van der Waals surface area contributed by atoms with Crippen LogP contribution in [0.25, 0.3) is 0 Å². The molecule has 0 saturated carbocycles. The molecule has 2 aromatic rings. The second-order valence-corrected chi connectivity index (χ2v) is 8.68. The minimum Gasteiger partial charge on any atom is -0.303 e. The third-order valence-electron chi connectivity index (χ3n) is 4.95. The zero-order valence-electron chi connectivity index (χ0n) is 15.7. The zero-order valence-corrected chi connectivity index (χ0v) is 16.5. The summed E-state index contributed by atoms with van der Waals surface area (Å²) in [6, 6.07) is 8.65. The minimum atomic E-state index is -4.52. The highest BCUT2D eigenvalue weighted by Crippen LogP contribution is 2.30. The first-order valence-corrected chi connectivity index (χ1v) is 10.8. The van der Waals surface area contributed by atoms with Gasteiger partial charge in [-0.2, -0.15) is 13.2 Å². The number of sulfonamides is 1. The number of fused-ring (bicyclic) bond motifs is 1. The highest BCUT2D eigenvalue weighted by molar-refractivity contribution is 7.92. The van der Waals surface area contributed by atoms with Gasteiger partial charge in [-0.1, -0.05) is 6.07 Å². The van der Waals surface area contributed by atoms with Crippen LogP contribution in [0.5, 0.6) is 0 Å². The van der Waals surface area contributed by atoms with Gasteiger partial charge in [0.05, 0.1) is 17.1 Å².